The van der Waals surface area contributed by atoms with E-state index >= 15 is 0 Å². The molecule has 0 aliphatic heterocycles. The van der Waals surface area contributed by atoms with Gasteiger partial charge in [0, 0.05) is 0 Å². The Labute approximate surface area is 83.1 Å². The number of rotatable bonds is 3. The van der Waals surface area contributed by atoms with Crippen LogP contribution in [-0.2, 0) is 0 Å². The zero-order chi connectivity index (χ0) is 11.0. The summed E-state index contributed by atoms with van der Waals surface area (Å²) in [6, 6.07) is 0. The Balaban J connectivity index is 2.62. The standard InChI is InChI=1S/C10H18F3N/c1-4-14-9(10(11,12)13)5-8(6-9)7(2)3/h7-8,14H,4-6H2,1-3H3. The van der Waals surface area contributed by atoms with Gasteiger partial charge in [0.25, 0.3) is 0 Å². The number of hydrogen-bond donors (Lipinski definition) is 1. The predicted molar refractivity (Wildman–Crippen MR) is 50.0 cm³/mol. The quantitative estimate of drug-likeness (QED) is 0.753. The first-order chi connectivity index (χ1) is 6.32. The zero-order valence-corrected chi connectivity index (χ0v) is 8.91. The Bertz CT molecular complexity index is 192. The summed E-state index contributed by atoms with van der Waals surface area (Å²) in [4.78, 5) is 0. The molecule has 0 heterocycles. The second-order valence-corrected chi connectivity index (χ2v) is 4.52. The lowest BCUT2D eigenvalue weighted by atomic mass is 9.63. The topological polar surface area (TPSA) is 12.0 Å². The van der Waals surface area contributed by atoms with Crippen LogP contribution in [0.3, 0.4) is 0 Å². The first kappa shape index (κ1) is 11.8. The molecule has 0 aromatic rings. The van der Waals surface area contributed by atoms with Crippen LogP contribution in [0.25, 0.3) is 0 Å². The van der Waals surface area contributed by atoms with Gasteiger partial charge in [-0.05, 0) is 31.2 Å². The highest BCUT2D eigenvalue weighted by molar-refractivity contribution is 5.06. The van der Waals surface area contributed by atoms with Crippen molar-refractivity contribution in [2.45, 2.75) is 45.3 Å². The monoisotopic (exact) mass is 209 g/mol. The molecule has 0 aromatic carbocycles. The fraction of sp³-hybridized carbons (Fsp3) is 1.00. The molecule has 0 spiro atoms. The van der Waals surface area contributed by atoms with E-state index in [1.807, 2.05) is 13.8 Å². The van der Waals surface area contributed by atoms with Gasteiger partial charge in [0.2, 0.25) is 0 Å². The maximum Gasteiger partial charge on any atom is 0.406 e. The number of alkyl halides is 3. The largest absolute Gasteiger partial charge is 0.406 e. The number of halogens is 3. The van der Waals surface area contributed by atoms with Crippen molar-refractivity contribution in [1.29, 1.82) is 0 Å². The van der Waals surface area contributed by atoms with Gasteiger partial charge >= 0.3 is 6.18 Å². The van der Waals surface area contributed by atoms with Crippen LogP contribution in [0.5, 0.6) is 0 Å². The molecule has 0 radical (unpaired) electrons. The molecule has 0 saturated heterocycles. The van der Waals surface area contributed by atoms with Gasteiger partial charge in [-0.3, -0.25) is 0 Å². The summed E-state index contributed by atoms with van der Waals surface area (Å²) in [5.74, 6) is 0.569. The van der Waals surface area contributed by atoms with Gasteiger partial charge in [0.1, 0.15) is 5.54 Å². The first-order valence-corrected chi connectivity index (χ1v) is 5.14. The highest BCUT2D eigenvalue weighted by Gasteiger charge is 2.61. The minimum atomic E-state index is -4.10. The van der Waals surface area contributed by atoms with E-state index in [0.717, 1.165) is 0 Å². The molecular weight excluding hydrogens is 191 g/mol. The van der Waals surface area contributed by atoms with Crippen LogP contribution < -0.4 is 5.32 Å². The van der Waals surface area contributed by atoms with Crippen molar-refractivity contribution in [1.82, 2.24) is 5.32 Å². The van der Waals surface area contributed by atoms with E-state index in [1.54, 1.807) is 6.92 Å². The van der Waals surface area contributed by atoms with E-state index in [0.29, 0.717) is 12.5 Å². The van der Waals surface area contributed by atoms with Crippen LogP contribution in [0.15, 0.2) is 0 Å². The lowest BCUT2D eigenvalue weighted by molar-refractivity contribution is -0.233. The van der Waals surface area contributed by atoms with Crippen molar-refractivity contribution in [3.05, 3.63) is 0 Å². The van der Waals surface area contributed by atoms with Crippen molar-refractivity contribution in [2.24, 2.45) is 11.8 Å². The highest BCUT2D eigenvalue weighted by atomic mass is 19.4. The molecule has 14 heavy (non-hydrogen) atoms. The van der Waals surface area contributed by atoms with E-state index in [2.05, 4.69) is 5.32 Å². The summed E-state index contributed by atoms with van der Waals surface area (Å²) >= 11 is 0. The molecule has 1 fully saturated rings. The van der Waals surface area contributed by atoms with Crippen LogP contribution in [0, 0.1) is 11.8 Å². The van der Waals surface area contributed by atoms with Crippen molar-refractivity contribution < 1.29 is 13.2 Å². The van der Waals surface area contributed by atoms with E-state index in [1.165, 1.54) is 0 Å². The smallest absolute Gasteiger partial charge is 0.304 e. The Morgan fingerprint density at radius 3 is 2.14 bits per heavy atom. The normalized spacial score (nSPS) is 33.2. The van der Waals surface area contributed by atoms with Crippen molar-refractivity contribution in [3.63, 3.8) is 0 Å². The van der Waals surface area contributed by atoms with Crippen LogP contribution >= 0.6 is 0 Å². The molecular formula is C10H18F3N. The molecule has 1 aliphatic carbocycles. The third-order valence-corrected chi connectivity index (χ3v) is 3.22. The average molecular weight is 209 g/mol. The van der Waals surface area contributed by atoms with Crippen molar-refractivity contribution in [3.8, 4) is 0 Å². The second kappa shape index (κ2) is 3.72. The molecule has 0 bridgehead atoms. The summed E-state index contributed by atoms with van der Waals surface area (Å²) in [6.45, 7) is 6.06. The molecule has 1 rings (SSSR count). The molecule has 0 atom stereocenters. The number of hydrogen-bond acceptors (Lipinski definition) is 1. The van der Waals surface area contributed by atoms with Crippen LogP contribution in [0.4, 0.5) is 13.2 Å². The van der Waals surface area contributed by atoms with Crippen molar-refractivity contribution >= 4 is 0 Å². The molecule has 0 aromatic heterocycles. The third kappa shape index (κ3) is 1.90. The molecule has 0 amide bonds. The Hall–Kier alpha value is -0.250. The van der Waals surface area contributed by atoms with E-state index in [4.69, 9.17) is 0 Å². The molecule has 1 N–H and O–H groups in total. The first-order valence-electron chi connectivity index (χ1n) is 5.14. The minimum absolute atomic E-state index is 0.218. The second-order valence-electron chi connectivity index (χ2n) is 4.52. The Morgan fingerprint density at radius 2 is 1.86 bits per heavy atom. The van der Waals surface area contributed by atoms with Crippen LogP contribution in [-0.4, -0.2) is 18.3 Å². The molecule has 4 heteroatoms. The third-order valence-electron chi connectivity index (χ3n) is 3.22. The van der Waals surface area contributed by atoms with Crippen LogP contribution in [0.1, 0.15) is 33.6 Å². The molecule has 1 aliphatic rings. The summed E-state index contributed by atoms with van der Waals surface area (Å²) in [6.07, 6.45) is -3.63. The lowest BCUT2D eigenvalue weighted by Gasteiger charge is -2.50. The maximum atomic E-state index is 12.7. The molecule has 1 nitrogen and oxygen atoms in total. The predicted octanol–water partition coefficient (Wildman–Crippen LogP) is 2.96. The summed E-state index contributed by atoms with van der Waals surface area (Å²) in [7, 11) is 0. The number of nitrogens with one attached hydrogen (secondary N) is 1. The van der Waals surface area contributed by atoms with Gasteiger partial charge in [-0.15, -0.1) is 0 Å². The fourth-order valence-electron chi connectivity index (χ4n) is 2.12. The van der Waals surface area contributed by atoms with Gasteiger partial charge in [-0.25, -0.2) is 0 Å². The van der Waals surface area contributed by atoms with E-state index in [9.17, 15) is 13.2 Å². The molecule has 84 valence electrons. The molecule has 0 unspecified atom stereocenters. The minimum Gasteiger partial charge on any atom is -0.304 e. The van der Waals surface area contributed by atoms with Gasteiger partial charge in [-0.2, -0.15) is 13.2 Å². The fourth-order valence-corrected chi connectivity index (χ4v) is 2.12. The molecule has 1 saturated carbocycles. The van der Waals surface area contributed by atoms with Gasteiger partial charge < -0.3 is 5.32 Å². The van der Waals surface area contributed by atoms with Gasteiger partial charge in [-0.1, -0.05) is 20.8 Å². The summed E-state index contributed by atoms with van der Waals surface area (Å²) < 4.78 is 38.2. The van der Waals surface area contributed by atoms with Gasteiger partial charge in [0.15, 0.2) is 0 Å². The van der Waals surface area contributed by atoms with E-state index < -0.39 is 11.7 Å². The van der Waals surface area contributed by atoms with Crippen molar-refractivity contribution in [2.75, 3.05) is 6.54 Å². The SMILES string of the molecule is CCNC1(C(F)(F)F)CC(C(C)C)C1. The van der Waals surface area contributed by atoms with E-state index in [-0.39, 0.29) is 18.8 Å². The average Bonchev–Trinajstić information content (AvgIpc) is 1.91. The summed E-state index contributed by atoms with van der Waals surface area (Å²) in [5.41, 5.74) is -1.59. The lowest BCUT2D eigenvalue weighted by Crippen LogP contribution is -2.65. The zero-order valence-electron chi connectivity index (χ0n) is 8.91. The Morgan fingerprint density at radius 1 is 1.36 bits per heavy atom. The Kier molecular flexibility index (Phi) is 3.14. The summed E-state index contributed by atoms with van der Waals surface area (Å²) in [5, 5.41) is 2.60. The van der Waals surface area contributed by atoms with Gasteiger partial charge in [0.05, 0.1) is 0 Å². The maximum absolute atomic E-state index is 12.7. The van der Waals surface area contributed by atoms with Crippen LogP contribution in [0.2, 0.25) is 0 Å². The highest BCUT2D eigenvalue weighted by Crippen LogP contribution is 2.50.